The molecular weight excluding hydrogens is 410 g/mol. The Balaban J connectivity index is 1.55. The van der Waals surface area contributed by atoms with Gasteiger partial charge in [-0.25, -0.2) is 9.97 Å². The monoisotopic (exact) mass is 435 g/mol. The number of benzene rings is 1. The molecule has 1 atom stereocenters. The first kappa shape index (κ1) is 19.9. The van der Waals surface area contributed by atoms with E-state index < -0.39 is 0 Å². The number of hydrogen-bond donors (Lipinski definition) is 1. The second-order valence-corrected chi connectivity index (χ2v) is 9.77. The van der Waals surface area contributed by atoms with Gasteiger partial charge in [0.15, 0.2) is 0 Å². The SMILES string of the molecule is COc1cc2c(cc1Nc1ncnc3sc4c(c13)CC[C@](C)(C(=O)N(C)C)C4)C=NC2. The van der Waals surface area contributed by atoms with Crippen molar-refractivity contribution in [3.05, 3.63) is 40.0 Å². The molecule has 1 aromatic carbocycles. The van der Waals surface area contributed by atoms with Gasteiger partial charge >= 0.3 is 0 Å². The zero-order chi connectivity index (χ0) is 21.8. The van der Waals surface area contributed by atoms with Crippen molar-refractivity contribution < 1.29 is 9.53 Å². The first-order valence-corrected chi connectivity index (χ1v) is 11.2. The van der Waals surface area contributed by atoms with Crippen molar-refractivity contribution >= 4 is 45.2 Å². The molecule has 1 aliphatic carbocycles. The smallest absolute Gasteiger partial charge is 0.228 e. The van der Waals surface area contributed by atoms with Crippen LogP contribution in [0.5, 0.6) is 5.75 Å². The number of thiophene rings is 1. The third-order valence-corrected chi connectivity index (χ3v) is 7.42. The van der Waals surface area contributed by atoms with Gasteiger partial charge in [0.05, 0.1) is 30.1 Å². The zero-order valence-electron chi connectivity index (χ0n) is 18.2. The number of ether oxygens (including phenoxy) is 1. The lowest BCUT2D eigenvalue weighted by atomic mass is 9.74. The van der Waals surface area contributed by atoms with Crippen LogP contribution in [-0.2, 0) is 24.2 Å². The molecule has 0 bridgehead atoms. The fourth-order valence-electron chi connectivity index (χ4n) is 4.64. The van der Waals surface area contributed by atoms with Gasteiger partial charge in [-0.15, -0.1) is 11.3 Å². The van der Waals surface area contributed by atoms with Crippen molar-refractivity contribution in [3.63, 3.8) is 0 Å². The number of nitrogens with one attached hydrogen (secondary N) is 1. The van der Waals surface area contributed by atoms with E-state index in [-0.39, 0.29) is 11.3 Å². The van der Waals surface area contributed by atoms with Crippen LogP contribution in [-0.4, -0.2) is 48.2 Å². The first-order valence-electron chi connectivity index (χ1n) is 10.3. The van der Waals surface area contributed by atoms with E-state index in [1.165, 1.54) is 10.4 Å². The molecule has 3 aromatic rings. The fourth-order valence-corrected chi connectivity index (χ4v) is 6.01. The fraction of sp³-hybridized carbons (Fsp3) is 0.391. The molecule has 1 aliphatic heterocycles. The Bertz CT molecular complexity index is 1230. The standard InChI is InChI=1S/C23H25N5O2S/c1-23(22(29)28(2)3)6-5-15-18(9-23)31-21-19(15)20(25-12-26-21)27-16-7-13-10-24-11-14(13)8-17(16)30-4/h7-8,10,12H,5-6,9,11H2,1-4H3,(H,25,26,27)/t23-/m0/s1. The highest BCUT2D eigenvalue weighted by atomic mass is 32.1. The summed E-state index contributed by atoms with van der Waals surface area (Å²) in [4.78, 5) is 30.1. The summed E-state index contributed by atoms with van der Waals surface area (Å²) in [6.07, 6.45) is 5.87. The molecule has 31 heavy (non-hydrogen) atoms. The predicted molar refractivity (Wildman–Crippen MR) is 124 cm³/mol. The number of aryl methyl sites for hydroxylation is 1. The molecule has 7 nitrogen and oxygen atoms in total. The van der Waals surface area contributed by atoms with Crippen molar-refractivity contribution in [3.8, 4) is 5.75 Å². The van der Waals surface area contributed by atoms with E-state index in [2.05, 4.69) is 33.3 Å². The Morgan fingerprint density at radius 1 is 1.29 bits per heavy atom. The molecule has 3 heterocycles. The summed E-state index contributed by atoms with van der Waals surface area (Å²) < 4.78 is 5.62. The number of aromatic nitrogens is 2. The largest absolute Gasteiger partial charge is 0.495 e. The maximum absolute atomic E-state index is 12.8. The lowest BCUT2D eigenvalue weighted by Crippen LogP contribution is -2.41. The van der Waals surface area contributed by atoms with Crippen LogP contribution in [0.4, 0.5) is 11.5 Å². The molecule has 1 N–H and O–H groups in total. The van der Waals surface area contributed by atoms with Crippen molar-refractivity contribution in [2.24, 2.45) is 10.4 Å². The highest BCUT2D eigenvalue weighted by Crippen LogP contribution is 2.45. The Labute approximate surface area is 185 Å². The van der Waals surface area contributed by atoms with Gasteiger partial charge in [0.2, 0.25) is 5.91 Å². The number of carbonyl (C=O) groups excluding carboxylic acids is 1. The molecule has 1 amide bonds. The minimum absolute atomic E-state index is 0.185. The van der Waals surface area contributed by atoms with Crippen molar-refractivity contribution in [2.45, 2.75) is 32.7 Å². The highest BCUT2D eigenvalue weighted by molar-refractivity contribution is 7.19. The predicted octanol–water partition coefficient (Wildman–Crippen LogP) is 3.96. The van der Waals surface area contributed by atoms with E-state index in [4.69, 9.17) is 4.74 Å². The minimum Gasteiger partial charge on any atom is -0.495 e. The number of amides is 1. The summed E-state index contributed by atoms with van der Waals surface area (Å²) in [5, 5.41) is 4.54. The summed E-state index contributed by atoms with van der Waals surface area (Å²) >= 11 is 1.67. The number of carbonyl (C=O) groups is 1. The lowest BCUT2D eigenvalue weighted by molar-refractivity contribution is -0.139. The highest BCUT2D eigenvalue weighted by Gasteiger charge is 2.39. The van der Waals surface area contributed by atoms with E-state index in [9.17, 15) is 4.79 Å². The third kappa shape index (κ3) is 3.26. The number of nitrogens with zero attached hydrogens (tertiary/aromatic N) is 4. The van der Waals surface area contributed by atoms with Crippen LogP contribution < -0.4 is 10.1 Å². The molecule has 0 unspecified atom stereocenters. The van der Waals surface area contributed by atoms with E-state index in [0.29, 0.717) is 6.54 Å². The zero-order valence-corrected chi connectivity index (χ0v) is 19.0. The molecule has 5 rings (SSSR count). The van der Waals surface area contributed by atoms with Gasteiger partial charge in [-0.2, -0.15) is 0 Å². The van der Waals surface area contributed by atoms with Crippen molar-refractivity contribution in [1.82, 2.24) is 14.9 Å². The summed E-state index contributed by atoms with van der Waals surface area (Å²) in [7, 11) is 5.33. The molecule has 0 spiro atoms. The maximum atomic E-state index is 12.8. The molecular formula is C23H25N5O2S. The van der Waals surface area contributed by atoms with Crippen LogP contribution in [0.1, 0.15) is 34.9 Å². The quantitative estimate of drug-likeness (QED) is 0.671. The number of aliphatic imine (C=N–C) groups is 1. The summed E-state index contributed by atoms with van der Waals surface area (Å²) in [5.41, 5.74) is 4.00. The van der Waals surface area contributed by atoms with Gasteiger partial charge in [0.25, 0.3) is 0 Å². The molecule has 0 saturated carbocycles. The Morgan fingerprint density at radius 3 is 2.90 bits per heavy atom. The molecule has 160 valence electrons. The van der Waals surface area contributed by atoms with Gasteiger partial charge in [-0.3, -0.25) is 9.79 Å². The lowest BCUT2D eigenvalue weighted by Gasteiger charge is -2.34. The van der Waals surface area contributed by atoms with E-state index in [0.717, 1.165) is 57.9 Å². The minimum atomic E-state index is -0.374. The van der Waals surface area contributed by atoms with Crippen LogP contribution in [0.25, 0.3) is 10.2 Å². The molecule has 8 heteroatoms. The Kier molecular flexibility index (Phi) is 4.69. The van der Waals surface area contributed by atoms with Gasteiger partial charge in [-0.1, -0.05) is 6.92 Å². The van der Waals surface area contributed by atoms with Crippen LogP contribution in [0.3, 0.4) is 0 Å². The van der Waals surface area contributed by atoms with Crippen molar-refractivity contribution in [2.75, 3.05) is 26.5 Å². The van der Waals surface area contributed by atoms with Crippen LogP contribution in [0.2, 0.25) is 0 Å². The van der Waals surface area contributed by atoms with Gasteiger partial charge in [0, 0.05) is 25.2 Å². The molecule has 0 fully saturated rings. The number of fused-ring (bicyclic) bond motifs is 4. The van der Waals surface area contributed by atoms with Crippen molar-refractivity contribution in [1.29, 1.82) is 0 Å². The van der Waals surface area contributed by atoms with Crippen LogP contribution >= 0.6 is 11.3 Å². The summed E-state index contributed by atoms with van der Waals surface area (Å²) in [6, 6.07) is 4.09. The van der Waals surface area contributed by atoms with E-state index in [1.807, 2.05) is 26.4 Å². The second-order valence-electron chi connectivity index (χ2n) is 8.69. The summed E-state index contributed by atoms with van der Waals surface area (Å²) in [5.74, 6) is 1.73. The first-order chi connectivity index (χ1) is 14.9. The van der Waals surface area contributed by atoms with Gasteiger partial charge in [0.1, 0.15) is 22.7 Å². The van der Waals surface area contributed by atoms with E-state index >= 15 is 0 Å². The van der Waals surface area contributed by atoms with Gasteiger partial charge in [-0.05, 0) is 48.1 Å². The molecule has 2 aliphatic rings. The molecule has 2 aromatic heterocycles. The summed E-state index contributed by atoms with van der Waals surface area (Å²) in [6.45, 7) is 2.76. The average Bonchev–Trinajstić information content (AvgIpc) is 3.35. The topological polar surface area (TPSA) is 79.7 Å². The maximum Gasteiger partial charge on any atom is 0.228 e. The molecule has 0 radical (unpaired) electrons. The third-order valence-electron chi connectivity index (χ3n) is 6.28. The van der Waals surface area contributed by atoms with Crippen LogP contribution in [0, 0.1) is 5.41 Å². The second kappa shape index (κ2) is 7.30. The number of methoxy groups -OCH3 is 1. The van der Waals surface area contributed by atoms with E-state index in [1.54, 1.807) is 29.7 Å². The number of hydrogen-bond acceptors (Lipinski definition) is 7. The van der Waals surface area contributed by atoms with Gasteiger partial charge < -0.3 is 15.0 Å². The average molecular weight is 436 g/mol. The Morgan fingerprint density at radius 2 is 2.13 bits per heavy atom. The van der Waals surface area contributed by atoms with Crippen LogP contribution in [0.15, 0.2) is 23.5 Å². The molecule has 0 saturated heterocycles. The normalized spacial score (nSPS) is 19.2. The Hall–Kier alpha value is -3.00. The number of rotatable bonds is 4. The number of anilines is 2.